The topological polar surface area (TPSA) is 69.6 Å². The Bertz CT molecular complexity index is 761. The highest BCUT2D eigenvalue weighted by atomic mass is 16.4. The van der Waals surface area contributed by atoms with Crippen molar-refractivity contribution in [2.45, 2.75) is 19.4 Å². The lowest BCUT2D eigenvalue weighted by molar-refractivity contribution is 0.0696. The van der Waals surface area contributed by atoms with Crippen molar-refractivity contribution >= 4 is 11.9 Å². The number of nitrogens with one attached hydrogen (secondary N) is 1. The van der Waals surface area contributed by atoms with Crippen molar-refractivity contribution in [2.75, 3.05) is 19.6 Å². The highest BCUT2D eigenvalue weighted by Gasteiger charge is 2.21. The molecule has 2 aromatic rings. The molecule has 1 heterocycles. The first-order valence-electron chi connectivity index (χ1n) is 8.99. The third-order valence-corrected chi connectivity index (χ3v) is 4.77. The van der Waals surface area contributed by atoms with Gasteiger partial charge in [-0.2, -0.15) is 0 Å². The molecule has 1 aliphatic rings. The van der Waals surface area contributed by atoms with Gasteiger partial charge in [-0.05, 0) is 55.1 Å². The monoisotopic (exact) mass is 352 g/mol. The maximum Gasteiger partial charge on any atom is 0.335 e. The summed E-state index contributed by atoms with van der Waals surface area (Å²) in [5.41, 5.74) is 2.02. The lowest BCUT2D eigenvalue weighted by Crippen LogP contribution is -2.40. The molecule has 3 rings (SSSR count). The fourth-order valence-electron chi connectivity index (χ4n) is 3.45. The van der Waals surface area contributed by atoms with E-state index in [2.05, 4.69) is 10.2 Å². The Hall–Kier alpha value is -2.66. The quantitative estimate of drug-likeness (QED) is 0.838. The average Bonchev–Trinajstić information content (AvgIpc) is 2.67. The van der Waals surface area contributed by atoms with E-state index in [1.54, 1.807) is 18.2 Å². The first-order chi connectivity index (χ1) is 12.6. The van der Waals surface area contributed by atoms with Crippen LogP contribution in [0.4, 0.5) is 0 Å². The van der Waals surface area contributed by atoms with E-state index in [1.165, 1.54) is 0 Å². The van der Waals surface area contributed by atoms with Crippen LogP contribution in [0.1, 0.15) is 39.1 Å². The van der Waals surface area contributed by atoms with Crippen molar-refractivity contribution in [2.24, 2.45) is 5.92 Å². The van der Waals surface area contributed by atoms with Crippen LogP contribution < -0.4 is 5.32 Å². The SMILES string of the molecule is O=C(O)c1cccc(CN2CCCC(CNC(=O)c3ccccc3)C2)c1. The predicted octanol–water partition coefficient (Wildman–Crippen LogP) is 3.03. The van der Waals surface area contributed by atoms with Crippen LogP contribution in [0.5, 0.6) is 0 Å². The fraction of sp³-hybridized carbons (Fsp3) is 0.333. The lowest BCUT2D eigenvalue weighted by Gasteiger charge is -2.33. The molecule has 0 aromatic heterocycles. The minimum Gasteiger partial charge on any atom is -0.478 e. The van der Waals surface area contributed by atoms with E-state index in [0.29, 0.717) is 23.6 Å². The third-order valence-electron chi connectivity index (χ3n) is 4.77. The van der Waals surface area contributed by atoms with Gasteiger partial charge in [0.05, 0.1) is 5.56 Å². The zero-order chi connectivity index (χ0) is 18.4. The van der Waals surface area contributed by atoms with E-state index in [0.717, 1.165) is 38.0 Å². The molecule has 1 fully saturated rings. The van der Waals surface area contributed by atoms with E-state index >= 15 is 0 Å². The number of carbonyl (C=O) groups excluding carboxylic acids is 1. The second-order valence-corrected chi connectivity index (χ2v) is 6.82. The molecular weight excluding hydrogens is 328 g/mol. The minimum atomic E-state index is -0.896. The molecule has 2 aromatic carbocycles. The molecule has 0 aliphatic carbocycles. The van der Waals surface area contributed by atoms with Gasteiger partial charge in [0.25, 0.3) is 5.91 Å². The number of hydrogen-bond acceptors (Lipinski definition) is 3. The molecule has 0 radical (unpaired) electrons. The van der Waals surface area contributed by atoms with E-state index in [-0.39, 0.29) is 5.91 Å². The van der Waals surface area contributed by atoms with Crippen LogP contribution in [0.3, 0.4) is 0 Å². The molecule has 1 atom stereocenters. The number of hydrogen-bond donors (Lipinski definition) is 2. The van der Waals surface area contributed by atoms with Gasteiger partial charge >= 0.3 is 5.97 Å². The van der Waals surface area contributed by atoms with Crippen LogP contribution in [-0.2, 0) is 6.54 Å². The first-order valence-corrected chi connectivity index (χ1v) is 8.99. The highest BCUT2D eigenvalue weighted by molar-refractivity contribution is 5.94. The van der Waals surface area contributed by atoms with Gasteiger partial charge in [0, 0.05) is 25.2 Å². The van der Waals surface area contributed by atoms with Gasteiger partial charge < -0.3 is 10.4 Å². The standard InChI is InChI=1S/C21H24N2O3/c24-20(18-8-2-1-3-9-18)22-13-17-7-5-11-23(15-17)14-16-6-4-10-19(12-16)21(25)26/h1-4,6,8-10,12,17H,5,7,11,13-15H2,(H,22,24)(H,25,26). The van der Waals surface area contributed by atoms with Crippen molar-refractivity contribution in [1.82, 2.24) is 10.2 Å². The van der Waals surface area contributed by atoms with E-state index in [9.17, 15) is 9.59 Å². The molecule has 26 heavy (non-hydrogen) atoms. The van der Waals surface area contributed by atoms with Crippen molar-refractivity contribution in [1.29, 1.82) is 0 Å². The maximum absolute atomic E-state index is 12.2. The summed E-state index contributed by atoms with van der Waals surface area (Å²) in [6, 6.07) is 16.4. The smallest absolute Gasteiger partial charge is 0.335 e. The molecular formula is C21H24N2O3. The number of likely N-dealkylation sites (tertiary alicyclic amines) is 1. The van der Waals surface area contributed by atoms with Crippen LogP contribution in [0, 0.1) is 5.92 Å². The molecule has 136 valence electrons. The summed E-state index contributed by atoms with van der Waals surface area (Å²) in [6.07, 6.45) is 2.19. The highest BCUT2D eigenvalue weighted by Crippen LogP contribution is 2.19. The Labute approximate surface area is 153 Å². The van der Waals surface area contributed by atoms with Gasteiger partial charge in [0.2, 0.25) is 0 Å². The Morgan fingerprint density at radius 2 is 1.85 bits per heavy atom. The fourth-order valence-corrected chi connectivity index (χ4v) is 3.45. The molecule has 1 aliphatic heterocycles. The van der Waals surface area contributed by atoms with Crippen molar-refractivity contribution in [3.05, 3.63) is 71.3 Å². The molecule has 1 unspecified atom stereocenters. The Morgan fingerprint density at radius 1 is 1.08 bits per heavy atom. The van der Waals surface area contributed by atoms with Crippen molar-refractivity contribution in [3.63, 3.8) is 0 Å². The van der Waals surface area contributed by atoms with Crippen molar-refractivity contribution in [3.8, 4) is 0 Å². The molecule has 1 saturated heterocycles. The molecule has 1 amide bonds. The normalized spacial score (nSPS) is 17.6. The van der Waals surface area contributed by atoms with Gasteiger partial charge in [-0.1, -0.05) is 30.3 Å². The zero-order valence-electron chi connectivity index (χ0n) is 14.7. The number of piperidine rings is 1. The number of rotatable bonds is 6. The molecule has 2 N–H and O–H groups in total. The predicted molar refractivity (Wildman–Crippen MR) is 100 cm³/mol. The van der Waals surface area contributed by atoms with Gasteiger partial charge in [0.1, 0.15) is 0 Å². The second kappa shape index (κ2) is 8.63. The first kappa shape index (κ1) is 18.1. The maximum atomic E-state index is 12.2. The minimum absolute atomic E-state index is 0.0307. The number of amides is 1. The molecule has 0 spiro atoms. The molecule has 0 bridgehead atoms. The number of carbonyl (C=O) groups is 2. The third kappa shape index (κ3) is 4.92. The lowest BCUT2D eigenvalue weighted by atomic mass is 9.97. The Kier molecular flexibility index (Phi) is 6.02. The Morgan fingerprint density at radius 3 is 2.62 bits per heavy atom. The number of carboxylic acids is 1. The number of carboxylic acid groups (broad SMARTS) is 1. The summed E-state index contributed by atoms with van der Waals surface area (Å²) < 4.78 is 0. The zero-order valence-corrected chi connectivity index (χ0v) is 14.7. The largest absolute Gasteiger partial charge is 0.478 e. The summed E-state index contributed by atoms with van der Waals surface area (Å²) >= 11 is 0. The summed E-state index contributed by atoms with van der Waals surface area (Å²) in [4.78, 5) is 25.6. The summed E-state index contributed by atoms with van der Waals surface area (Å²) in [7, 11) is 0. The second-order valence-electron chi connectivity index (χ2n) is 6.82. The van der Waals surface area contributed by atoms with E-state index in [4.69, 9.17) is 5.11 Å². The van der Waals surface area contributed by atoms with Crippen molar-refractivity contribution < 1.29 is 14.7 Å². The number of nitrogens with zero attached hydrogens (tertiary/aromatic N) is 1. The molecule has 0 saturated carbocycles. The summed E-state index contributed by atoms with van der Waals surface area (Å²) in [5, 5.41) is 12.2. The van der Waals surface area contributed by atoms with Crippen LogP contribution in [0.25, 0.3) is 0 Å². The molecule has 5 nitrogen and oxygen atoms in total. The number of benzene rings is 2. The van der Waals surface area contributed by atoms with Crippen LogP contribution in [-0.4, -0.2) is 41.5 Å². The number of aromatic carboxylic acids is 1. The van der Waals surface area contributed by atoms with Gasteiger partial charge in [-0.3, -0.25) is 9.69 Å². The van der Waals surface area contributed by atoms with Crippen LogP contribution in [0.2, 0.25) is 0 Å². The van der Waals surface area contributed by atoms with Crippen LogP contribution in [0.15, 0.2) is 54.6 Å². The van der Waals surface area contributed by atoms with Crippen LogP contribution >= 0.6 is 0 Å². The Balaban J connectivity index is 1.52. The van der Waals surface area contributed by atoms with Gasteiger partial charge in [0.15, 0.2) is 0 Å². The average molecular weight is 352 g/mol. The van der Waals surface area contributed by atoms with E-state index < -0.39 is 5.97 Å². The van der Waals surface area contributed by atoms with Gasteiger partial charge in [-0.25, -0.2) is 4.79 Å². The van der Waals surface area contributed by atoms with E-state index in [1.807, 2.05) is 36.4 Å². The molecule has 5 heteroatoms. The summed E-state index contributed by atoms with van der Waals surface area (Å²) in [6.45, 7) is 3.32. The summed E-state index contributed by atoms with van der Waals surface area (Å²) in [5.74, 6) is -0.511. The van der Waals surface area contributed by atoms with Gasteiger partial charge in [-0.15, -0.1) is 0 Å².